The number of benzene rings is 2. The molecule has 0 unspecified atom stereocenters. The van der Waals surface area contributed by atoms with Crippen molar-refractivity contribution < 1.29 is 9.59 Å². The number of hydrogen-bond acceptors (Lipinski definition) is 4. The van der Waals surface area contributed by atoms with Crippen molar-refractivity contribution in [3.63, 3.8) is 0 Å². The maximum atomic E-state index is 13.7. The lowest BCUT2D eigenvalue weighted by Gasteiger charge is -2.30. The molecule has 0 bridgehead atoms. The Kier molecular flexibility index (Phi) is 6.12. The summed E-state index contributed by atoms with van der Waals surface area (Å²) in [5, 5.41) is 6.12. The Labute approximate surface area is 209 Å². The highest BCUT2D eigenvalue weighted by Crippen LogP contribution is 2.29. The van der Waals surface area contributed by atoms with Gasteiger partial charge in [-0.3, -0.25) is 14.4 Å². The second-order valence-corrected chi connectivity index (χ2v) is 9.91. The van der Waals surface area contributed by atoms with Crippen LogP contribution in [0.4, 0.5) is 0 Å². The van der Waals surface area contributed by atoms with E-state index in [1.165, 1.54) is 26.9 Å². The van der Waals surface area contributed by atoms with Crippen molar-refractivity contribution in [1.29, 1.82) is 0 Å². The van der Waals surface area contributed by atoms with Crippen LogP contribution in [0.1, 0.15) is 35.1 Å². The van der Waals surface area contributed by atoms with Crippen molar-refractivity contribution in [3.05, 3.63) is 75.2 Å². The molecule has 8 heteroatoms. The van der Waals surface area contributed by atoms with Crippen molar-refractivity contribution in [3.8, 4) is 0 Å². The molecule has 2 N–H and O–H groups in total. The van der Waals surface area contributed by atoms with E-state index < -0.39 is 0 Å². The van der Waals surface area contributed by atoms with E-state index in [0.29, 0.717) is 38.0 Å². The minimum Gasteiger partial charge on any atom is -0.369 e. The Morgan fingerprint density at radius 3 is 2.36 bits per heavy atom. The topological polar surface area (TPSA) is 103 Å². The van der Waals surface area contributed by atoms with Crippen LogP contribution in [-0.2, 0) is 22.7 Å². The van der Waals surface area contributed by atoms with Gasteiger partial charge in [-0.15, -0.1) is 0 Å². The second-order valence-electron chi connectivity index (χ2n) is 9.91. The summed E-state index contributed by atoms with van der Waals surface area (Å²) in [4.78, 5) is 39.9. The fourth-order valence-corrected chi connectivity index (χ4v) is 5.53. The molecule has 1 aliphatic rings. The number of nitrogens with two attached hydrogens (primary N) is 1. The summed E-state index contributed by atoms with van der Waals surface area (Å²) >= 11 is 0. The molecule has 1 saturated heterocycles. The number of carbonyl (C=O) groups excluding carboxylic acids is 2. The van der Waals surface area contributed by atoms with Gasteiger partial charge in [0.2, 0.25) is 11.8 Å². The van der Waals surface area contributed by atoms with Gasteiger partial charge in [0, 0.05) is 41.8 Å². The smallest absolute Gasteiger partial charge is 0.291 e. The lowest BCUT2D eigenvalue weighted by atomic mass is 9.96. The van der Waals surface area contributed by atoms with Crippen LogP contribution < -0.4 is 11.3 Å². The predicted octanol–water partition coefficient (Wildman–Crippen LogP) is 3.05. The number of aryl methyl sites for hydroxylation is 3. The molecule has 2 amide bonds. The number of para-hydroxylation sites is 1. The third-order valence-corrected chi connectivity index (χ3v) is 7.46. The van der Waals surface area contributed by atoms with Crippen LogP contribution in [0.2, 0.25) is 0 Å². The number of aromatic nitrogens is 3. The van der Waals surface area contributed by atoms with E-state index in [2.05, 4.69) is 42.6 Å². The zero-order valence-electron chi connectivity index (χ0n) is 21.0. The Bertz CT molecular complexity index is 1530. The van der Waals surface area contributed by atoms with Gasteiger partial charge in [-0.2, -0.15) is 5.10 Å². The molecular weight excluding hydrogens is 454 g/mol. The first-order valence-corrected chi connectivity index (χ1v) is 12.4. The minimum atomic E-state index is -0.322. The first-order valence-electron chi connectivity index (χ1n) is 12.4. The lowest BCUT2D eigenvalue weighted by molar-refractivity contribution is -0.135. The maximum Gasteiger partial charge on any atom is 0.291 e. The van der Waals surface area contributed by atoms with E-state index in [-0.39, 0.29) is 29.8 Å². The van der Waals surface area contributed by atoms with Crippen LogP contribution in [-0.4, -0.2) is 44.2 Å². The van der Waals surface area contributed by atoms with Crippen LogP contribution in [0.25, 0.3) is 21.8 Å². The number of piperidine rings is 1. The average molecular weight is 486 g/mol. The van der Waals surface area contributed by atoms with Crippen molar-refractivity contribution in [2.75, 3.05) is 13.1 Å². The number of hydrogen-bond donors (Lipinski definition) is 1. The van der Waals surface area contributed by atoms with Gasteiger partial charge in [-0.25, -0.2) is 4.68 Å². The first kappa shape index (κ1) is 23.8. The molecule has 0 radical (unpaired) electrons. The minimum absolute atomic E-state index is 0.139. The molecular formula is C28H31N5O3. The molecule has 4 aromatic rings. The third-order valence-electron chi connectivity index (χ3n) is 7.46. The van der Waals surface area contributed by atoms with Crippen LogP contribution in [0.3, 0.4) is 0 Å². The molecule has 5 rings (SSSR count). The molecule has 36 heavy (non-hydrogen) atoms. The summed E-state index contributed by atoms with van der Waals surface area (Å²) in [5.74, 6) is -0.701. The van der Waals surface area contributed by atoms with Crippen molar-refractivity contribution in [1.82, 2.24) is 19.2 Å². The summed E-state index contributed by atoms with van der Waals surface area (Å²) in [6.45, 7) is 7.61. The standard InChI is InChI=1S/C28H31N5O3/c1-17-12-18(2)23(19(3)13-17)15-32-24-7-5-4-6-21(24)22-14-30-33(28(36)26(22)32)16-25(34)31-10-8-20(9-11-31)27(29)35/h4-7,12-14,20H,8-11,15-16H2,1-3H3,(H2,29,35). The normalized spacial score (nSPS) is 14.6. The zero-order valence-corrected chi connectivity index (χ0v) is 21.0. The summed E-state index contributed by atoms with van der Waals surface area (Å²) in [7, 11) is 0. The van der Waals surface area contributed by atoms with Gasteiger partial charge < -0.3 is 15.2 Å². The molecule has 8 nitrogen and oxygen atoms in total. The molecule has 0 aliphatic carbocycles. The fraction of sp³-hybridized carbons (Fsp3) is 0.357. The molecule has 0 atom stereocenters. The number of primary amides is 1. The zero-order chi connectivity index (χ0) is 25.6. The Balaban J connectivity index is 1.54. The van der Waals surface area contributed by atoms with E-state index in [0.717, 1.165) is 16.3 Å². The summed E-state index contributed by atoms with van der Waals surface area (Å²) in [5.41, 5.74) is 11.4. The molecule has 0 spiro atoms. The number of likely N-dealkylation sites (tertiary alicyclic amines) is 1. The van der Waals surface area contributed by atoms with E-state index in [4.69, 9.17) is 5.73 Å². The van der Waals surface area contributed by atoms with Gasteiger partial charge in [-0.05, 0) is 56.4 Å². The number of nitrogens with zero attached hydrogens (tertiary/aromatic N) is 4. The molecule has 2 aromatic carbocycles. The van der Waals surface area contributed by atoms with Crippen LogP contribution in [0, 0.1) is 26.7 Å². The largest absolute Gasteiger partial charge is 0.369 e. The SMILES string of the molecule is Cc1cc(C)c(Cn2c3ccccc3c3cnn(CC(=O)N4CCC(C(N)=O)CC4)c(=O)c32)c(C)c1. The van der Waals surface area contributed by atoms with E-state index in [1.54, 1.807) is 11.1 Å². The summed E-state index contributed by atoms with van der Waals surface area (Å²) in [6.07, 6.45) is 2.79. The molecule has 0 saturated carbocycles. The molecule has 1 aliphatic heterocycles. The fourth-order valence-electron chi connectivity index (χ4n) is 5.53. The molecule has 186 valence electrons. The van der Waals surface area contributed by atoms with Gasteiger partial charge >= 0.3 is 0 Å². The second kappa shape index (κ2) is 9.26. The number of amides is 2. The number of rotatable bonds is 5. The summed E-state index contributed by atoms with van der Waals surface area (Å²) in [6, 6.07) is 12.3. The van der Waals surface area contributed by atoms with E-state index in [1.807, 2.05) is 24.3 Å². The lowest BCUT2D eigenvalue weighted by Crippen LogP contribution is -2.44. The van der Waals surface area contributed by atoms with E-state index in [9.17, 15) is 14.4 Å². The van der Waals surface area contributed by atoms with Gasteiger partial charge in [-0.1, -0.05) is 35.9 Å². The Morgan fingerprint density at radius 1 is 1.03 bits per heavy atom. The summed E-state index contributed by atoms with van der Waals surface area (Å²) < 4.78 is 3.31. The van der Waals surface area contributed by atoms with Crippen molar-refractivity contribution >= 4 is 33.6 Å². The Hall–Kier alpha value is -3.94. The van der Waals surface area contributed by atoms with Crippen LogP contribution in [0.15, 0.2) is 47.4 Å². The van der Waals surface area contributed by atoms with Gasteiger partial charge in [0.15, 0.2) is 0 Å². The first-order chi connectivity index (χ1) is 17.2. The molecule has 1 fully saturated rings. The van der Waals surface area contributed by atoms with Crippen LogP contribution in [0.5, 0.6) is 0 Å². The monoisotopic (exact) mass is 485 g/mol. The van der Waals surface area contributed by atoms with Gasteiger partial charge in [0.25, 0.3) is 5.56 Å². The Morgan fingerprint density at radius 2 is 1.69 bits per heavy atom. The predicted molar refractivity (Wildman–Crippen MR) is 140 cm³/mol. The van der Waals surface area contributed by atoms with Gasteiger partial charge in [0.05, 0.1) is 6.20 Å². The van der Waals surface area contributed by atoms with Crippen molar-refractivity contribution in [2.24, 2.45) is 11.7 Å². The van der Waals surface area contributed by atoms with Crippen molar-refractivity contribution in [2.45, 2.75) is 46.7 Å². The number of fused-ring (bicyclic) bond motifs is 3. The third kappa shape index (κ3) is 4.17. The highest BCUT2D eigenvalue weighted by molar-refractivity contribution is 6.07. The van der Waals surface area contributed by atoms with Crippen LogP contribution >= 0.6 is 0 Å². The van der Waals surface area contributed by atoms with E-state index >= 15 is 0 Å². The molecule has 3 heterocycles. The number of carbonyl (C=O) groups is 2. The maximum absolute atomic E-state index is 13.7. The highest BCUT2D eigenvalue weighted by atomic mass is 16.2. The quantitative estimate of drug-likeness (QED) is 0.469. The van der Waals surface area contributed by atoms with Gasteiger partial charge in [0.1, 0.15) is 12.1 Å². The highest BCUT2D eigenvalue weighted by Gasteiger charge is 2.27. The molecule has 2 aromatic heterocycles. The average Bonchev–Trinajstić information content (AvgIpc) is 3.17.